The first-order valence-electron chi connectivity index (χ1n) is 6.47. The summed E-state index contributed by atoms with van der Waals surface area (Å²) in [6.07, 6.45) is 5.13. The fourth-order valence-electron chi connectivity index (χ4n) is 2.79. The highest BCUT2D eigenvalue weighted by Gasteiger charge is 2.24. The fraction of sp³-hybridized carbons (Fsp3) is 0.462. The van der Waals surface area contributed by atoms with Crippen molar-refractivity contribution < 1.29 is 4.79 Å². The van der Waals surface area contributed by atoms with Crippen LogP contribution >= 0.6 is 0 Å². The molecule has 1 amide bonds. The van der Waals surface area contributed by atoms with Gasteiger partial charge in [-0.3, -0.25) is 9.59 Å². The number of likely N-dealkylation sites (tertiary alicyclic amines) is 1. The van der Waals surface area contributed by atoms with Crippen LogP contribution in [0.25, 0.3) is 11.0 Å². The number of carbonyl (C=O) groups excluding carboxylic acids is 1. The Kier molecular flexibility index (Phi) is 2.85. The summed E-state index contributed by atoms with van der Waals surface area (Å²) in [6.45, 7) is 3.14. The number of hydrogen-bond donors (Lipinski definition) is 2. The molecule has 1 aliphatic rings. The number of aromatic amines is 2. The van der Waals surface area contributed by atoms with Crippen LogP contribution in [0.2, 0.25) is 0 Å². The molecule has 0 aliphatic carbocycles. The van der Waals surface area contributed by atoms with Crippen molar-refractivity contribution in [3.63, 3.8) is 0 Å². The third-order valence-corrected chi connectivity index (χ3v) is 3.88. The molecule has 2 aromatic heterocycles. The standard InChI is InChI=1S/C13H16N4O2/c1-8(18)17-4-2-9(3-5-17)10-6-14-13(19)12-11(10)15-7-16-12/h6-7,9H,2-5H2,1H3,(H,14,19)(H,15,16). The van der Waals surface area contributed by atoms with Crippen molar-refractivity contribution in [1.29, 1.82) is 0 Å². The van der Waals surface area contributed by atoms with Gasteiger partial charge in [-0.25, -0.2) is 4.98 Å². The second-order valence-electron chi connectivity index (χ2n) is 4.98. The number of aromatic nitrogens is 3. The summed E-state index contributed by atoms with van der Waals surface area (Å²) >= 11 is 0. The quantitative estimate of drug-likeness (QED) is 0.801. The fourth-order valence-corrected chi connectivity index (χ4v) is 2.79. The summed E-state index contributed by atoms with van der Waals surface area (Å²) in [6, 6.07) is 0. The van der Waals surface area contributed by atoms with E-state index in [0.29, 0.717) is 11.4 Å². The molecule has 0 unspecified atom stereocenters. The molecular formula is C13H16N4O2. The molecule has 0 saturated carbocycles. The molecule has 0 aromatic carbocycles. The number of piperidine rings is 1. The average Bonchev–Trinajstić information content (AvgIpc) is 2.89. The number of H-pyrrole nitrogens is 2. The molecule has 6 nitrogen and oxygen atoms in total. The topological polar surface area (TPSA) is 81.9 Å². The van der Waals surface area contributed by atoms with Crippen LogP contribution in [0.1, 0.15) is 31.2 Å². The molecule has 0 bridgehead atoms. The van der Waals surface area contributed by atoms with E-state index in [4.69, 9.17) is 0 Å². The smallest absolute Gasteiger partial charge is 0.273 e. The SMILES string of the molecule is CC(=O)N1CCC(c2c[nH]c(=O)c3[nH]cnc23)CC1. The van der Waals surface area contributed by atoms with Gasteiger partial charge >= 0.3 is 0 Å². The number of carbonyl (C=O) groups is 1. The summed E-state index contributed by atoms with van der Waals surface area (Å²) in [5.41, 5.74) is 2.22. The van der Waals surface area contributed by atoms with Crippen molar-refractivity contribution in [3.05, 3.63) is 28.4 Å². The van der Waals surface area contributed by atoms with Crippen molar-refractivity contribution in [2.24, 2.45) is 0 Å². The third-order valence-electron chi connectivity index (χ3n) is 3.88. The number of fused-ring (bicyclic) bond motifs is 1. The first-order chi connectivity index (χ1) is 9.16. The minimum absolute atomic E-state index is 0.129. The Bertz CT molecular complexity index is 665. The Labute approximate surface area is 109 Å². The number of nitrogens with zero attached hydrogens (tertiary/aromatic N) is 2. The molecule has 6 heteroatoms. The van der Waals surface area contributed by atoms with Gasteiger partial charge in [0, 0.05) is 26.2 Å². The van der Waals surface area contributed by atoms with Crippen LogP contribution in [0.4, 0.5) is 0 Å². The van der Waals surface area contributed by atoms with Crippen molar-refractivity contribution >= 4 is 16.9 Å². The predicted molar refractivity (Wildman–Crippen MR) is 70.9 cm³/mol. The molecule has 1 saturated heterocycles. The number of pyridine rings is 1. The van der Waals surface area contributed by atoms with Crippen molar-refractivity contribution in [3.8, 4) is 0 Å². The highest BCUT2D eigenvalue weighted by molar-refractivity contribution is 5.77. The van der Waals surface area contributed by atoms with Gasteiger partial charge in [0.1, 0.15) is 5.52 Å². The number of hydrogen-bond acceptors (Lipinski definition) is 3. The predicted octanol–water partition coefficient (Wildman–Crippen LogP) is 0.977. The van der Waals surface area contributed by atoms with E-state index in [-0.39, 0.29) is 11.5 Å². The van der Waals surface area contributed by atoms with Crippen molar-refractivity contribution in [1.82, 2.24) is 19.9 Å². The van der Waals surface area contributed by atoms with Crippen LogP contribution < -0.4 is 5.56 Å². The molecule has 3 rings (SSSR count). The highest BCUT2D eigenvalue weighted by Crippen LogP contribution is 2.30. The van der Waals surface area contributed by atoms with Gasteiger partial charge in [0.25, 0.3) is 5.56 Å². The lowest BCUT2D eigenvalue weighted by Gasteiger charge is -2.31. The Morgan fingerprint density at radius 2 is 2.11 bits per heavy atom. The van der Waals surface area contributed by atoms with E-state index in [1.807, 2.05) is 4.90 Å². The lowest BCUT2D eigenvalue weighted by Crippen LogP contribution is -2.36. The molecule has 1 aliphatic heterocycles. The molecule has 100 valence electrons. The van der Waals surface area contributed by atoms with E-state index in [1.165, 1.54) is 0 Å². The normalized spacial score (nSPS) is 17.0. The van der Waals surface area contributed by atoms with Gasteiger partial charge < -0.3 is 14.9 Å². The molecular weight excluding hydrogens is 244 g/mol. The van der Waals surface area contributed by atoms with Crippen LogP contribution in [-0.2, 0) is 4.79 Å². The first-order valence-corrected chi connectivity index (χ1v) is 6.47. The Balaban J connectivity index is 1.90. The van der Waals surface area contributed by atoms with Crippen molar-refractivity contribution in [2.45, 2.75) is 25.7 Å². The van der Waals surface area contributed by atoms with Gasteiger partial charge in [-0.05, 0) is 24.3 Å². The molecule has 0 radical (unpaired) electrons. The zero-order chi connectivity index (χ0) is 13.4. The van der Waals surface area contributed by atoms with Crippen LogP contribution in [0.5, 0.6) is 0 Å². The monoisotopic (exact) mass is 260 g/mol. The summed E-state index contributed by atoms with van der Waals surface area (Å²) < 4.78 is 0. The number of imidazole rings is 1. The van der Waals surface area contributed by atoms with E-state index in [2.05, 4.69) is 15.0 Å². The minimum Gasteiger partial charge on any atom is -0.343 e. The Morgan fingerprint density at radius 1 is 1.37 bits per heavy atom. The van der Waals surface area contributed by atoms with Crippen LogP contribution in [0.15, 0.2) is 17.3 Å². The Hall–Kier alpha value is -2.11. The molecule has 2 aromatic rings. The lowest BCUT2D eigenvalue weighted by atomic mass is 9.89. The van der Waals surface area contributed by atoms with Gasteiger partial charge in [0.2, 0.25) is 5.91 Å². The zero-order valence-corrected chi connectivity index (χ0v) is 10.8. The van der Waals surface area contributed by atoms with E-state index in [1.54, 1.807) is 19.4 Å². The number of rotatable bonds is 1. The summed E-state index contributed by atoms with van der Waals surface area (Å²) in [5.74, 6) is 0.475. The molecule has 0 atom stereocenters. The highest BCUT2D eigenvalue weighted by atomic mass is 16.2. The van der Waals surface area contributed by atoms with Crippen LogP contribution in [-0.4, -0.2) is 38.8 Å². The van der Waals surface area contributed by atoms with Gasteiger partial charge in [0.05, 0.1) is 11.8 Å². The maximum atomic E-state index is 11.6. The zero-order valence-electron chi connectivity index (χ0n) is 10.8. The number of nitrogens with one attached hydrogen (secondary N) is 2. The molecule has 3 heterocycles. The third kappa shape index (κ3) is 2.03. The summed E-state index contributed by atoms with van der Waals surface area (Å²) in [7, 11) is 0. The van der Waals surface area contributed by atoms with Gasteiger partial charge in [0.15, 0.2) is 0 Å². The summed E-state index contributed by atoms with van der Waals surface area (Å²) in [5, 5.41) is 0. The average molecular weight is 260 g/mol. The van der Waals surface area contributed by atoms with Crippen LogP contribution in [0, 0.1) is 0 Å². The second-order valence-corrected chi connectivity index (χ2v) is 4.98. The van der Waals surface area contributed by atoms with Crippen molar-refractivity contribution in [2.75, 3.05) is 13.1 Å². The van der Waals surface area contributed by atoms with E-state index in [0.717, 1.165) is 37.0 Å². The molecule has 0 spiro atoms. The van der Waals surface area contributed by atoms with Gasteiger partial charge in [-0.2, -0.15) is 0 Å². The van der Waals surface area contributed by atoms with Crippen LogP contribution in [0.3, 0.4) is 0 Å². The lowest BCUT2D eigenvalue weighted by molar-refractivity contribution is -0.129. The molecule has 19 heavy (non-hydrogen) atoms. The molecule has 1 fully saturated rings. The van der Waals surface area contributed by atoms with E-state index >= 15 is 0 Å². The van der Waals surface area contributed by atoms with Gasteiger partial charge in [-0.15, -0.1) is 0 Å². The maximum absolute atomic E-state index is 11.6. The van der Waals surface area contributed by atoms with E-state index < -0.39 is 0 Å². The maximum Gasteiger partial charge on any atom is 0.273 e. The first kappa shape index (κ1) is 12.0. The molecule has 2 N–H and O–H groups in total. The second kappa shape index (κ2) is 4.53. The number of amides is 1. The van der Waals surface area contributed by atoms with E-state index in [9.17, 15) is 9.59 Å². The summed E-state index contributed by atoms with van der Waals surface area (Å²) in [4.78, 5) is 34.7. The Morgan fingerprint density at radius 3 is 2.79 bits per heavy atom. The van der Waals surface area contributed by atoms with Gasteiger partial charge in [-0.1, -0.05) is 0 Å². The largest absolute Gasteiger partial charge is 0.343 e. The minimum atomic E-state index is -0.141.